The number of anilines is 2. The third kappa shape index (κ3) is 6.07. The van der Waals surface area contributed by atoms with Gasteiger partial charge < -0.3 is 19.1 Å². The highest BCUT2D eigenvalue weighted by molar-refractivity contribution is 5.99. The van der Waals surface area contributed by atoms with Gasteiger partial charge in [-0.3, -0.25) is 10.2 Å². The van der Waals surface area contributed by atoms with E-state index in [1.165, 1.54) is 0 Å². The minimum atomic E-state index is -0.574. The summed E-state index contributed by atoms with van der Waals surface area (Å²) in [6.07, 6.45) is 0.217. The van der Waals surface area contributed by atoms with Crippen LogP contribution in [0.2, 0.25) is 0 Å². The molecule has 1 N–H and O–H groups in total. The largest absolute Gasteiger partial charge is 0.497 e. The van der Waals surface area contributed by atoms with Crippen molar-refractivity contribution >= 4 is 23.5 Å². The summed E-state index contributed by atoms with van der Waals surface area (Å²) in [5.41, 5.74) is 3.93. The molecule has 0 unspecified atom stereocenters. The van der Waals surface area contributed by atoms with Crippen LogP contribution in [0.5, 0.6) is 11.5 Å². The summed E-state index contributed by atoms with van der Waals surface area (Å²) in [7, 11) is 3.20. The average Bonchev–Trinajstić information content (AvgIpc) is 2.89. The lowest BCUT2D eigenvalue weighted by Gasteiger charge is -2.36. The van der Waals surface area contributed by atoms with E-state index < -0.39 is 6.09 Å². The Balaban J connectivity index is 1.49. The Morgan fingerprint density at radius 2 is 1.64 bits per heavy atom. The Morgan fingerprint density at radius 3 is 2.33 bits per heavy atom. The number of benzene rings is 3. The number of methoxy groups -OCH3 is 2. The molecule has 188 valence electrons. The molecule has 0 aliphatic carbocycles. The molecule has 1 aliphatic heterocycles. The number of aryl methyl sites for hydroxylation is 1. The molecule has 0 radical (unpaired) electrons. The second-order valence-corrected chi connectivity index (χ2v) is 8.64. The molecule has 36 heavy (non-hydrogen) atoms. The fourth-order valence-corrected chi connectivity index (χ4v) is 4.18. The number of urea groups is 1. The van der Waals surface area contributed by atoms with Gasteiger partial charge in [-0.15, -0.1) is 0 Å². The van der Waals surface area contributed by atoms with Crippen molar-refractivity contribution in [3.63, 3.8) is 0 Å². The lowest BCUT2D eigenvalue weighted by molar-refractivity contribution is 0.155. The van der Waals surface area contributed by atoms with Crippen LogP contribution in [0, 0.1) is 6.92 Å². The molecule has 8 nitrogen and oxygen atoms in total. The summed E-state index contributed by atoms with van der Waals surface area (Å²) in [6.45, 7) is 3.69. The van der Waals surface area contributed by atoms with E-state index in [0.717, 1.165) is 23.1 Å². The number of nitrogens with zero attached hydrogens (tertiary/aromatic N) is 2. The molecule has 4 rings (SSSR count). The minimum absolute atomic E-state index is 0.132. The molecule has 0 bridgehead atoms. The first-order chi connectivity index (χ1) is 17.5. The molecular weight excluding hydrogens is 458 g/mol. The first-order valence-corrected chi connectivity index (χ1v) is 11.8. The van der Waals surface area contributed by atoms with Crippen LogP contribution in [0.4, 0.5) is 21.0 Å². The maximum Gasteiger partial charge on any atom is 0.412 e. The molecular formula is C28H31N3O5. The van der Waals surface area contributed by atoms with Crippen molar-refractivity contribution < 1.29 is 23.8 Å². The van der Waals surface area contributed by atoms with Gasteiger partial charge in [0, 0.05) is 25.7 Å². The smallest absolute Gasteiger partial charge is 0.412 e. The lowest BCUT2D eigenvalue weighted by Crippen LogP contribution is -2.49. The predicted octanol–water partition coefficient (Wildman–Crippen LogP) is 5.59. The normalized spacial score (nSPS) is 13.4. The molecule has 3 amide bonds. The second kappa shape index (κ2) is 11.5. The molecule has 0 spiro atoms. The van der Waals surface area contributed by atoms with E-state index in [4.69, 9.17) is 14.2 Å². The standard InChI is InChI=1S/C28H31N3O5/c1-20-10-11-26(25(14-20)29-27(32)36-19-21-8-5-4-6-9-21)31-13-7-12-30(28(31)33)18-22-15-23(34-2)17-24(16-22)35-3/h4-6,8-11,14-17H,7,12-13,18-19H2,1-3H3,(H,29,32). The van der Waals surface area contributed by atoms with Gasteiger partial charge in [0.15, 0.2) is 0 Å². The zero-order valence-corrected chi connectivity index (χ0v) is 20.8. The number of carbonyl (C=O) groups is 2. The Hall–Kier alpha value is -4.20. The minimum Gasteiger partial charge on any atom is -0.497 e. The van der Waals surface area contributed by atoms with Gasteiger partial charge in [0.2, 0.25) is 0 Å². The number of carbonyl (C=O) groups excluding carboxylic acids is 2. The quantitative estimate of drug-likeness (QED) is 0.446. The summed E-state index contributed by atoms with van der Waals surface area (Å²) >= 11 is 0. The highest BCUT2D eigenvalue weighted by Gasteiger charge is 2.29. The number of nitrogens with one attached hydrogen (secondary N) is 1. The monoisotopic (exact) mass is 489 g/mol. The number of ether oxygens (including phenoxy) is 3. The third-order valence-electron chi connectivity index (χ3n) is 5.99. The lowest BCUT2D eigenvalue weighted by atomic mass is 10.1. The van der Waals surface area contributed by atoms with E-state index in [1.807, 2.05) is 67.6 Å². The molecule has 3 aromatic carbocycles. The number of hydrogen-bond acceptors (Lipinski definition) is 5. The zero-order valence-electron chi connectivity index (χ0n) is 20.8. The van der Waals surface area contributed by atoms with E-state index >= 15 is 0 Å². The van der Waals surface area contributed by atoms with Gasteiger partial charge in [-0.25, -0.2) is 9.59 Å². The summed E-state index contributed by atoms with van der Waals surface area (Å²) in [4.78, 5) is 29.6. The molecule has 0 saturated carbocycles. The number of amides is 3. The average molecular weight is 490 g/mol. The topological polar surface area (TPSA) is 80.3 Å². The number of hydrogen-bond donors (Lipinski definition) is 1. The Morgan fingerprint density at radius 1 is 0.917 bits per heavy atom. The summed E-state index contributed by atoms with van der Waals surface area (Å²) in [6, 6.07) is 20.6. The third-order valence-corrected chi connectivity index (χ3v) is 5.99. The van der Waals surface area contributed by atoms with Crippen LogP contribution in [0.15, 0.2) is 66.7 Å². The van der Waals surface area contributed by atoms with E-state index in [1.54, 1.807) is 30.1 Å². The maximum atomic E-state index is 13.5. The van der Waals surface area contributed by atoms with Crippen LogP contribution in [0.1, 0.15) is 23.1 Å². The summed E-state index contributed by atoms with van der Waals surface area (Å²) < 4.78 is 16.1. The zero-order chi connectivity index (χ0) is 25.5. The highest BCUT2D eigenvalue weighted by atomic mass is 16.5. The Bertz CT molecular complexity index is 1190. The van der Waals surface area contributed by atoms with Gasteiger partial charge in [-0.1, -0.05) is 36.4 Å². The first-order valence-electron chi connectivity index (χ1n) is 11.8. The molecule has 1 fully saturated rings. The molecule has 3 aromatic rings. The van der Waals surface area contributed by atoms with Crippen LogP contribution in [0.3, 0.4) is 0 Å². The van der Waals surface area contributed by atoms with Crippen LogP contribution >= 0.6 is 0 Å². The molecule has 1 saturated heterocycles. The molecule has 0 atom stereocenters. The van der Waals surface area contributed by atoms with Crippen molar-refractivity contribution in [1.29, 1.82) is 0 Å². The molecule has 1 aliphatic rings. The van der Waals surface area contributed by atoms with Crippen molar-refractivity contribution in [3.05, 3.63) is 83.4 Å². The Kier molecular flexibility index (Phi) is 7.95. The summed E-state index contributed by atoms with van der Waals surface area (Å²) in [5, 5.41) is 2.83. The van der Waals surface area contributed by atoms with E-state index in [9.17, 15) is 9.59 Å². The first kappa shape index (κ1) is 24.9. The maximum absolute atomic E-state index is 13.5. The highest BCUT2D eigenvalue weighted by Crippen LogP contribution is 2.31. The van der Waals surface area contributed by atoms with Gasteiger partial charge in [-0.05, 0) is 54.3 Å². The van der Waals surface area contributed by atoms with E-state index in [2.05, 4.69) is 5.32 Å². The van der Waals surface area contributed by atoms with Gasteiger partial charge in [0.25, 0.3) is 0 Å². The van der Waals surface area contributed by atoms with Gasteiger partial charge >= 0.3 is 12.1 Å². The summed E-state index contributed by atoms with van der Waals surface area (Å²) in [5.74, 6) is 1.34. The second-order valence-electron chi connectivity index (χ2n) is 8.64. The van der Waals surface area contributed by atoms with Crippen LogP contribution in [-0.2, 0) is 17.9 Å². The number of rotatable bonds is 8. The van der Waals surface area contributed by atoms with Crippen molar-refractivity contribution in [1.82, 2.24) is 4.90 Å². The SMILES string of the molecule is COc1cc(CN2CCCN(c3ccc(C)cc3NC(=O)OCc3ccccc3)C2=O)cc(OC)c1. The molecule has 0 aromatic heterocycles. The van der Waals surface area contributed by atoms with Gasteiger partial charge in [0.1, 0.15) is 18.1 Å². The fourth-order valence-electron chi connectivity index (χ4n) is 4.18. The van der Waals surface area contributed by atoms with Gasteiger partial charge in [-0.2, -0.15) is 0 Å². The van der Waals surface area contributed by atoms with Crippen molar-refractivity contribution in [2.24, 2.45) is 0 Å². The van der Waals surface area contributed by atoms with E-state index in [-0.39, 0.29) is 12.6 Å². The molecule has 8 heteroatoms. The van der Waals surface area contributed by atoms with Crippen LogP contribution in [-0.4, -0.2) is 44.3 Å². The van der Waals surface area contributed by atoms with Crippen LogP contribution in [0.25, 0.3) is 0 Å². The van der Waals surface area contributed by atoms with Crippen molar-refractivity contribution in [2.45, 2.75) is 26.5 Å². The van der Waals surface area contributed by atoms with Gasteiger partial charge in [0.05, 0.1) is 25.6 Å². The van der Waals surface area contributed by atoms with E-state index in [0.29, 0.717) is 42.5 Å². The Labute approximate surface area is 211 Å². The fraction of sp³-hybridized carbons (Fsp3) is 0.286. The molecule has 1 heterocycles. The van der Waals surface area contributed by atoms with Crippen molar-refractivity contribution in [2.75, 3.05) is 37.5 Å². The predicted molar refractivity (Wildman–Crippen MR) is 139 cm³/mol. The van der Waals surface area contributed by atoms with Crippen molar-refractivity contribution in [3.8, 4) is 11.5 Å². The van der Waals surface area contributed by atoms with Crippen LogP contribution < -0.4 is 19.7 Å².